The number of alkyl halides is 3. The average Bonchev–Trinajstić information content (AvgIpc) is 2.61. The van der Waals surface area contributed by atoms with Crippen LogP contribution in [0.4, 0.5) is 18.9 Å². The third-order valence-electron chi connectivity index (χ3n) is 4.15. The van der Waals surface area contributed by atoms with E-state index in [0.29, 0.717) is 11.3 Å². The minimum absolute atomic E-state index is 0.134. The van der Waals surface area contributed by atoms with Crippen LogP contribution >= 0.6 is 0 Å². The number of nitrogens with one attached hydrogen (secondary N) is 1. The maximum atomic E-state index is 12.7. The molecule has 2 aromatic carbocycles. The first-order chi connectivity index (χ1) is 13.4. The summed E-state index contributed by atoms with van der Waals surface area (Å²) < 4.78 is 63.4. The number of carbonyl (C=O) groups is 1. The molecule has 0 heterocycles. The first kappa shape index (κ1) is 22.4. The van der Waals surface area contributed by atoms with Crippen molar-refractivity contribution in [1.29, 1.82) is 0 Å². The normalized spacial score (nSPS) is 12.2. The Kier molecular flexibility index (Phi) is 6.68. The molecule has 0 aromatic heterocycles. The molecule has 0 aliphatic rings. The topological polar surface area (TPSA) is 78.8 Å². The highest BCUT2D eigenvalue weighted by Crippen LogP contribution is 2.29. The van der Waals surface area contributed by atoms with E-state index in [1.165, 1.54) is 12.1 Å². The summed E-state index contributed by atoms with van der Waals surface area (Å²) in [6.07, 6.45) is -2.46. The van der Waals surface area contributed by atoms with E-state index in [1.54, 1.807) is 19.1 Å². The Balaban J connectivity index is 2.14. The Labute approximate surface area is 167 Å². The predicted molar refractivity (Wildman–Crippen MR) is 105 cm³/mol. The zero-order valence-corrected chi connectivity index (χ0v) is 16.8. The number of amides is 1. The van der Waals surface area contributed by atoms with Gasteiger partial charge in [0, 0.05) is 0 Å². The molecule has 0 saturated heterocycles. The number of halogens is 3. The van der Waals surface area contributed by atoms with E-state index in [9.17, 15) is 26.4 Å². The van der Waals surface area contributed by atoms with Gasteiger partial charge in [0.2, 0.25) is 10.0 Å². The summed E-state index contributed by atoms with van der Waals surface area (Å²) in [6, 6.07) is 9.50. The van der Waals surface area contributed by atoms with Gasteiger partial charge >= 0.3 is 6.18 Å². The van der Waals surface area contributed by atoms with Gasteiger partial charge in [-0.25, -0.2) is 13.8 Å². The molecule has 6 nitrogen and oxygen atoms in total. The Hall–Kier alpha value is -2.88. The molecule has 156 valence electrons. The lowest BCUT2D eigenvalue weighted by Gasteiger charge is -2.23. The van der Waals surface area contributed by atoms with Crippen molar-refractivity contribution in [2.45, 2.75) is 20.0 Å². The van der Waals surface area contributed by atoms with Crippen molar-refractivity contribution in [1.82, 2.24) is 5.43 Å². The lowest BCUT2D eigenvalue weighted by atomic mass is 10.1. The van der Waals surface area contributed by atoms with Crippen LogP contribution in [-0.4, -0.2) is 33.3 Å². The van der Waals surface area contributed by atoms with Crippen molar-refractivity contribution in [2.75, 3.05) is 17.1 Å². The summed E-state index contributed by atoms with van der Waals surface area (Å²) >= 11 is 0. The Morgan fingerprint density at radius 1 is 1.17 bits per heavy atom. The third kappa shape index (κ3) is 6.05. The SMILES string of the molecule is Cc1cccc(N(CC(=O)N/N=C/c2cccc(C(F)(F)F)c2)S(C)(=O)=O)c1C. The minimum atomic E-state index is -4.49. The Morgan fingerprint density at radius 3 is 2.45 bits per heavy atom. The van der Waals surface area contributed by atoms with Crippen molar-refractivity contribution in [3.8, 4) is 0 Å². The first-order valence-electron chi connectivity index (χ1n) is 8.42. The maximum Gasteiger partial charge on any atom is 0.416 e. The van der Waals surface area contributed by atoms with E-state index in [2.05, 4.69) is 10.5 Å². The molecule has 0 aliphatic heterocycles. The lowest BCUT2D eigenvalue weighted by Crippen LogP contribution is -2.39. The largest absolute Gasteiger partial charge is 0.416 e. The van der Waals surface area contributed by atoms with Crippen LogP contribution in [-0.2, 0) is 21.0 Å². The molecule has 0 fully saturated rings. The molecular weight excluding hydrogens is 407 g/mol. The van der Waals surface area contributed by atoms with Crippen LogP contribution in [0.25, 0.3) is 0 Å². The number of hydrogen-bond acceptors (Lipinski definition) is 4. The van der Waals surface area contributed by atoms with Gasteiger partial charge in [0.05, 0.1) is 23.7 Å². The van der Waals surface area contributed by atoms with Gasteiger partial charge in [-0.3, -0.25) is 9.10 Å². The second-order valence-electron chi connectivity index (χ2n) is 6.41. The van der Waals surface area contributed by atoms with E-state index in [4.69, 9.17) is 0 Å². The molecule has 29 heavy (non-hydrogen) atoms. The van der Waals surface area contributed by atoms with Gasteiger partial charge in [0.15, 0.2) is 0 Å². The van der Waals surface area contributed by atoms with Crippen LogP contribution in [0.1, 0.15) is 22.3 Å². The van der Waals surface area contributed by atoms with Crippen LogP contribution in [0.2, 0.25) is 0 Å². The van der Waals surface area contributed by atoms with E-state index >= 15 is 0 Å². The third-order valence-corrected chi connectivity index (χ3v) is 5.28. The number of benzene rings is 2. The average molecular weight is 427 g/mol. The molecule has 0 atom stereocenters. The van der Waals surface area contributed by atoms with Crippen LogP contribution in [0.3, 0.4) is 0 Å². The molecule has 1 amide bonds. The van der Waals surface area contributed by atoms with E-state index in [1.807, 2.05) is 13.0 Å². The van der Waals surface area contributed by atoms with Crippen molar-refractivity contribution >= 4 is 27.8 Å². The highest BCUT2D eigenvalue weighted by molar-refractivity contribution is 7.92. The maximum absolute atomic E-state index is 12.7. The fraction of sp³-hybridized carbons (Fsp3) is 0.263. The second-order valence-corrected chi connectivity index (χ2v) is 8.31. The monoisotopic (exact) mass is 427 g/mol. The molecule has 0 radical (unpaired) electrons. The summed E-state index contributed by atoms with van der Waals surface area (Å²) in [7, 11) is -3.76. The fourth-order valence-corrected chi connectivity index (χ4v) is 3.43. The number of sulfonamides is 1. The molecule has 0 spiro atoms. The number of hydrogen-bond donors (Lipinski definition) is 1. The predicted octanol–water partition coefficient (Wildman–Crippen LogP) is 3.24. The van der Waals surface area contributed by atoms with Gasteiger partial charge in [-0.15, -0.1) is 0 Å². The zero-order valence-electron chi connectivity index (χ0n) is 16.0. The van der Waals surface area contributed by atoms with Crippen LogP contribution < -0.4 is 9.73 Å². The van der Waals surface area contributed by atoms with E-state index < -0.39 is 34.2 Å². The molecule has 0 bridgehead atoms. The molecule has 0 unspecified atom stereocenters. The highest BCUT2D eigenvalue weighted by atomic mass is 32.2. The fourth-order valence-electron chi connectivity index (χ4n) is 2.53. The van der Waals surface area contributed by atoms with Crippen molar-refractivity contribution in [3.63, 3.8) is 0 Å². The summed E-state index contributed by atoms with van der Waals surface area (Å²) in [5.41, 5.74) is 3.36. The number of rotatable bonds is 6. The second kappa shape index (κ2) is 8.64. The summed E-state index contributed by atoms with van der Waals surface area (Å²) in [5, 5.41) is 3.62. The molecule has 0 saturated carbocycles. The van der Waals surface area contributed by atoms with Crippen LogP contribution in [0.15, 0.2) is 47.6 Å². The van der Waals surface area contributed by atoms with Gasteiger partial charge < -0.3 is 0 Å². The number of hydrazone groups is 1. The highest BCUT2D eigenvalue weighted by Gasteiger charge is 2.30. The first-order valence-corrected chi connectivity index (χ1v) is 10.3. The lowest BCUT2D eigenvalue weighted by molar-refractivity contribution is -0.137. The van der Waals surface area contributed by atoms with Gasteiger partial charge in [0.1, 0.15) is 6.54 Å². The number of carbonyl (C=O) groups excluding carboxylic acids is 1. The van der Waals surface area contributed by atoms with Crippen molar-refractivity contribution in [2.24, 2.45) is 5.10 Å². The van der Waals surface area contributed by atoms with E-state index in [0.717, 1.165) is 34.5 Å². The molecule has 1 N–H and O–H groups in total. The van der Waals surface area contributed by atoms with Gasteiger partial charge in [-0.1, -0.05) is 24.3 Å². The quantitative estimate of drug-likeness (QED) is 0.568. The van der Waals surface area contributed by atoms with Gasteiger partial charge in [0.25, 0.3) is 5.91 Å². The zero-order chi connectivity index (χ0) is 21.8. The van der Waals surface area contributed by atoms with Crippen molar-refractivity contribution in [3.05, 3.63) is 64.7 Å². The smallest absolute Gasteiger partial charge is 0.271 e. The van der Waals surface area contributed by atoms with Crippen molar-refractivity contribution < 1.29 is 26.4 Å². The van der Waals surface area contributed by atoms with Gasteiger partial charge in [-0.2, -0.15) is 18.3 Å². The number of anilines is 1. The number of nitrogens with zero attached hydrogens (tertiary/aromatic N) is 2. The Bertz CT molecular complexity index is 1030. The minimum Gasteiger partial charge on any atom is -0.271 e. The molecule has 0 aliphatic carbocycles. The Morgan fingerprint density at radius 2 is 1.83 bits per heavy atom. The standard InChI is InChI=1S/C19H20F3N3O3S/c1-13-6-4-9-17(14(13)2)25(29(3,27)28)12-18(26)24-23-11-15-7-5-8-16(10-15)19(20,21)22/h4-11H,12H2,1-3H3,(H,24,26)/b23-11+. The number of aryl methyl sites for hydroxylation is 1. The molecule has 2 aromatic rings. The van der Waals surface area contributed by atoms with Crippen LogP contribution in [0, 0.1) is 13.8 Å². The molecule has 10 heteroatoms. The van der Waals surface area contributed by atoms with Gasteiger partial charge in [-0.05, 0) is 48.7 Å². The summed E-state index contributed by atoms with van der Waals surface area (Å²) in [6.45, 7) is 3.04. The summed E-state index contributed by atoms with van der Waals surface area (Å²) in [4.78, 5) is 12.2. The summed E-state index contributed by atoms with van der Waals surface area (Å²) in [5.74, 6) is -0.737. The van der Waals surface area contributed by atoms with E-state index in [-0.39, 0.29) is 5.56 Å². The van der Waals surface area contributed by atoms with Crippen LogP contribution in [0.5, 0.6) is 0 Å². The molecular formula is C19H20F3N3O3S. The molecule has 2 rings (SSSR count).